The van der Waals surface area contributed by atoms with Gasteiger partial charge < -0.3 is 20.1 Å². The van der Waals surface area contributed by atoms with Crippen molar-refractivity contribution >= 4 is 30.3 Å². The summed E-state index contributed by atoms with van der Waals surface area (Å²) in [5, 5.41) is 11.4. The van der Waals surface area contributed by atoms with Gasteiger partial charge in [-0.1, -0.05) is 69.4 Å². The summed E-state index contributed by atoms with van der Waals surface area (Å²) in [6.45, 7) is 2.81. The van der Waals surface area contributed by atoms with Crippen LogP contribution in [-0.2, 0) is 29.0 Å². The third-order valence-corrected chi connectivity index (χ3v) is 8.78. The van der Waals surface area contributed by atoms with Crippen molar-refractivity contribution < 1.29 is 34.1 Å². The molecule has 0 aliphatic heterocycles. The second kappa shape index (κ2) is 13.9. The highest BCUT2D eigenvalue weighted by Gasteiger charge is 2.43. The maximum absolute atomic E-state index is 12.6. The minimum atomic E-state index is -4.75. The van der Waals surface area contributed by atoms with E-state index in [1.807, 2.05) is 30.3 Å². The molecule has 0 saturated carbocycles. The molecule has 1 aromatic heterocycles. The molecule has 1 amide bonds. The highest BCUT2D eigenvalue weighted by molar-refractivity contribution is 7.76. The van der Waals surface area contributed by atoms with Gasteiger partial charge in [-0.05, 0) is 60.9 Å². The first-order valence-electron chi connectivity index (χ1n) is 14.6. The molecule has 9 nitrogen and oxygen atoms in total. The zero-order chi connectivity index (χ0) is 29.6. The van der Waals surface area contributed by atoms with Crippen LogP contribution in [0.3, 0.4) is 0 Å². The fourth-order valence-electron chi connectivity index (χ4n) is 5.87. The van der Waals surface area contributed by atoms with Gasteiger partial charge in [-0.15, -0.1) is 0 Å². The highest BCUT2D eigenvalue weighted by Crippen LogP contribution is 2.47. The van der Waals surface area contributed by atoms with Gasteiger partial charge in [0.05, 0.1) is 5.92 Å². The van der Waals surface area contributed by atoms with Crippen molar-refractivity contribution in [3.8, 4) is 5.75 Å². The van der Waals surface area contributed by atoms with Crippen molar-refractivity contribution in [1.29, 1.82) is 0 Å². The average Bonchev–Trinajstić information content (AvgIpc) is 3.22. The normalized spacial score (nSPS) is 16.0. The number of hydrogen-bond donors (Lipinski definition) is 5. The summed E-state index contributed by atoms with van der Waals surface area (Å²) >= 11 is 0. The number of primary amides is 1. The van der Waals surface area contributed by atoms with Gasteiger partial charge in [-0.3, -0.25) is 4.79 Å². The number of aromatic nitrogens is 1. The van der Waals surface area contributed by atoms with Crippen LogP contribution in [0.2, 0.25) is 0 Å². The number of ether oxygens (including phenoxy) is 1. The Labute approximate surface area is 241 Å². The van der Waals surface area contributed by atoms with Gasteiger partial charge in [0.1, 0.15) is 12.2 Å². The Morgan fingerprint density at radius 2 is 1.78 bits per heavy atom. The molecular weight excluding hydrogens is 543 g/mol. The Morgan fingerprint density at radius 3 is 2.46 bits per heavy atom. The second-order valence-corrected chi connectivity index (χ2v) is 12.6. The molecule has 0 fully saturated rings. The number of amides is 1. The first kappa shape index (κ1) is 31.1. The summed E-state index contributed by atoms with van der Waals surface area (Å²) in [6, 6.07) is 14.0. The summed E-state index contributed by atoms with van der Waals surface area (Å²) in [6.07, 6.45) is 7.11. The minimum absolute atomic E-state index is 0.359. The van der Waals surface area contributed by atoms with Crippen LogP contribution >= 0.6 is 7.94 Å². The average molecular weight is 586 g/mol. The summed E-state index contributed by atoms with van der Waals surface area (Å²) in [4.78, 5) is 52.4. The zero-order valence-electron chi connectivity index (χ0n) is 23.7. The van der Waals surface area contributed by atoms with E-state index in [9.17, 15) is 29.4 Å². The Morgan fingerprint density at radius 1 is 1.07 bits per heavy atom. The number of benzene rings is 2. The van der Waals surface area contributed by atoms with Gasteiger partial charge in [0.25, 0.3) is 0 Å². The van der Waals surface area contributed by atoms with Gasteiger partial charge >= 0.3 is 13.5 Å². The predicted octanol–water partition coefficient (Wildman–Crippen LogP) is 4.85. The van der Waals surface area contributed by atoms with E-state index in [0.717, 1.165) is 65.4 Å². The maximum Gasteiger partial charge on any atom is 0.478 e. The van der Waals surface area contributed by atoms with Crippen molar-refractivity contribution in [2.45, 2.75) is 96.3 Å². The topological polar surface area (TPSA) is 155 Å². The zero-order valence-corrected chi connectivity index (χ0v) is 24.6. The van der Waals surface area contributed by atoms with Crippen LogP contribution in [0, 0.1) is 0 Å². The number of rotatable bonds is 15. The van der Waals surface area contributed by atoms with Crippen molar-refractivity contribution in [1.82, 2.24) is 4.57 Å². The van der Waals surface area contributed by atoms with E-state index >= 15 is 0 Å². The van der Waals surface area contributed by atoms with Gasteiger partial charge in [0, 0.05) is 23.1 Å². The lowest BCUT2D eigenvalue weighted by Crippen LogP contribution is -2.25. The SMILES string of the molecule is CCCCCCCCc1cc2c(cc1OC(O)CC(=O)[P+](O)(O)O)c1c(n2Cc2ccccc2)CCCC1C(N)=O. The fourth-order valence-corrected chi connectivity index (χ4v) is 6.27. The number of nitrogens with zero attached hydrogens (tertiary/aromatic N) is 1. The van der Waals surface area contributed by atoms with Crippen molar-refractivity contribution in [3.63, 3.8) is 0 Å². The lowest BCUT2D eigenvalue weighted by molar-refractivity contribution is -0.121. The standard InChI is InChI=1S/C31H41N2O7P/c1-2-3-4-5-6-10-14-22-17-26-24(18-27(22)40-28(34)19-29(35)41(37,38)39)30-23(31(32)36)15-11-16-25(30)33(26)20-21-12-8-7-9-13-21/h7-9,12-13,17-18,23,28,34,37-39H,2-6,10-11,14-16,19-20H2,1H3,(H-,32,36)/p+1. The largest absolute Gasteiger partial charge is 0.478 e. The minimum Gasteiger partial charge on any atom is -0.464 e. The fraction of sp³-hybridized carbons (Fsp3) is 0.484. The third-order valence-electron chi connectivity index (χ3n) is 7.92. The van der Waals surface area contributed by atoms with Crippen LogP contribution < -0.4 is 10.5 Å². The summed E-state index contributed by atoms with van der Waals surface area (Å²) in [5.74, 6) is -0.480. The summed E-state index contributed by atoms with van der Waals surface area (Å²) in [5.41, 5.74) is 9.46. The second-order valence-electron chi connectivity index (χ2n) is 11.0. The predicted molar refractivity (Wildman–Crippen MR) is 159 cm³/mol. The molecule has 0 saturated heterocycles. The number of aliphatic hydroxyl groups is 1. The van der Waals surface area contributed by atoms with E-state index in [0.29, 0.717) is 25.1 Å². The molecule has 0 spiro atoms. The molecule has 222 valence electrons. The number of unbranched alkanes of at least 4 members (excludes halogenated alkanes) is 5. The number of carbonyl (C=O) groups is 2. The van der Waals surface area contributed by atoms with E-state index in [4.69, 9.17) is 10.5 Å². The monoisotopic (exact) mass is 585 g/mol. The summed E-state index contributed by atoms with van der Waals surface area (Å²) < 4.78 is 8.08. The number of nitrogens with two attached hydrogens (primary N) is 1. The van der Waals surface area contributed by atoms with E-state index < -0.39 is 32.1 Å². The Bertz CT molecular complexity index is 1350. The first-order valence-corrected chi connectivity index (χ1v) is 16.2. The quantitative estimate of drug-likeness (QED) is 0.0970. The number of aliphatic hydroxyl groups excluding tert-OH is 1. The maximum atomic E-state index is 12.6. The van der Waals surface area contributed by atoms with E-state index in [-0.39, 0.29) is 5.91 Å². The number of carbonyl (C=O) groups excluding carboxylic acids is 2. The van der Waals surface area contributed by atoms with Crippen LogP contribution in [-0.4, -0.2) is 42.1 Å². The van der Waals surface area contributed by atoms with E-state index in [1.54, 1.807) is 0 Å². The Kier molecular flexibility index (Phi) is 10.6. The Balaban J connectivity index is 1.77. The molecule has 1 aliphatic carbocycles. The molecule has 2 unspecified atom stereocenters. The number of fused-ring (bicyclic) bond motifs is 3. The van der Waals surface area contributed by atoms with Gasteiger partial charge in [0.15, 0.2) is 0 Å². The van der Waals surface area contributed by atoms with E-state index in [2.05, 4.69) is 23.6 Å². The van der Waals surface area contributed by atoms with Crippen LogP contribution in [0.5, 0.6) is 5.75 Å². The number of hydrogen-bond acceptors (Lipinski definition) is 7. The molecule has 1 heterocycles. The van der Waals surface area contributed by atoms with Gasteiger partial charge in [0.2, 0.25) is 12.2 Å². The molecule has 2 atom stereocenters. The summed E-state index contributed by atoms with van der Waals surface area (Å²) in [7, 11) is -4.75. The van der Waals surface area contributed by atoms with Gasteiger partial charge in [-0.2, -0.15) is 14.7 Å². The van der Waals surface area contributed by atoms with Crippen LogP contribution in [0.15, 0.2) is 42.5 Å². The number of aryl methyl sites for hydroxylation is 1. The van der Waals surface area contributed by atoms with Crippen molar-refractivity contribution in [2.24, 2.45) is 5.73 Å². The lowest BCUT2D eigenvalue weighted by Gasteiger charge is -2.22. The lowest BCUT2D eigenvalue weighted by atomic mass is 9.84. The van der Waals surface area contributed by atoms with E-state index in [1.165, 1.54) is 19.3 Å². The highest BCUT2D eigenvalue weighted by atomic mass is 31.2. The van der Waals surface area contributed by atoms with Crippen molar-refractivity contribution in [3.05, 3.63) is 64.8 Å². The molecule has 3 aromatic rings. The molecule has 2 aromatic carbocycles. The van der Waals surface area contributed by atoms with Crippen LogP contribution in [0.25, 0.3) is 10.9 Å². The molecule has 41 heavy (non-hydrogen) atoms. The molecular formula is C31H42N2O7P+. The van der Waals surface area contributed by atoms with Crippen LogP contribution in [0.4, 0.5) is 0 Å². The molecule has 4 rings (SSSR count). The van der Waals surface area contributed by atoms with Crippen LogP contribution in [0.1, 0.15) is 93.0 Å². The molecule has 1 aliphatic rings. The van der Waals surface area contributed by atoms with Gasteiger partial charge in [-0.25, -0.2) is 4.79 Å². The molecule has 6 N–H and O–H groups in total. The molecule has 10 heteroatoms. The third kappa shape index (κ3) is 7.73. The molecule has 0 bridgehead atoms. The Hall–Kier alpha value is -2.81. The smallest absolute Gasteiger partial charge is 0.464 e. The first-order chi connectivity index (χ1) is 19.6. The van der Waals surface area contributed by atoms with Crippen molar-refractivity contribution in [2.75, 3.05) is 0 Å². The molecule has 0 radical (unpaired) electrons.